The first kappa shape index (κ1) is 17.7. The van der Waals surface area contributed by atoms with Crippen LogP contribution in [0.3, 0.4) is 0 Å². The first-order valence-corrected chi connectivity index (χ1v) is 9.58. The number of para-hydroxylation sites is 1. The molecule has 1 amide bonds. The lowest BCUT2D eigenvalue weighted by molar-refractivity contribution is 0.0753. The number of aryl methyl sites for hydroxylation is 2. The smallest absolute Gasteiger partial charge is 0.266 e. The molecule has 0 spiro atoms. The van der Waals surface area contributed by atoms with Crippen molar-refractivity contribution in [3.63, 3.8) is 0 Å². The lowest BCUT2D eigenvalue weighted by Gasteiger charge is -2.25. The zero-order valence-corrected chi connectivity index (χ0v) is 15.8. The predicted octanol–water partition coefficient (Wildman–Crippen LogP) is 3.84. The highest BCUT2D eigenvalue weighted by Crippen LogP contribution is 2.34. The molecule has 0 radical (unpaired) electrons. The van der Waals surface area contributed by atoms with Gasteiger partial charge in [0.25, 0.3) is 5.91 Å². The lowest BCUT2D eigenvalue weighted by atomic mass is 10.1. The molecule has 1 aromatic carbocycles. The molecular formula is C19H24N2O3S. The molecule has 25 heavy (non-hydrogen) atoms. The molecule has 2 heterocycles. The van der Waals surface area contributed by atoms with Crippen LogP contribution in [0.4, 0.5) is 0 Å². The molecule has 0 saturated carbocycles. The van der Waals surface area contributed by atoms with Crippen LogP contribution < -0.4 is 9.47 Å². The van der Waals surface area contributed by atoms with Gasteiger partial charge >= 0.3 is 0 Å². The number of hydrogen-bond donors (Lipinski definition) is 0. The molecule has 0 N–H and O–H groups in total. The number of rotatable bonds is 6. The van der Waals surface area contributed by atoms with E-state index in [-0.39, 0.29) is 5.91 Å². The Morgan fingerprint density at radius 1 is 1.28 bits per heavy atom. The quantitative estimate of drug-likeness (QED) is 0.785. The summed E-state index contributed by atoms with van der Waals surface area (Å²) in [6, 6.07) is 5.84. The number of carbonyl (C=O) groups is 1. The molecule has 3 rings (SSSR count). The maximum absolute atomic E-state index is 13.0. The van der Waals surface area contributed by atoms with Gasteiger partial charge in [-0.2, -0.15) is 0 Å². The molecule has 134 valence electrons. The monoisotopic (exact) mass is 360 g/mol. The number of nitrogens with zero attached hydrogens (tertiary/aromatic N) is 2. The topological polar surface area (TPSA) is 51.7 Å². The molecule has 2 aromatic rings. The van der Waals surface area contributed by atoms with Gasteiger partial charge in [0, 0.05) is 18.7 Å². The molecule has 0 unspecified atom stereocenters. The van der Waals surface area contributed by atoms with Gasteiger partial charge in [-0.1, -0.05) is 19.1 Å². The van der Waals surface area contributed by atoms with E-state index in [1.54, 1.807) is 0 Å². The summed E-state index contributed by atoms with van der Waals surface area (Å²) in [4.78, 5) is 20.1. The summed E-state index contributed by atoms with van der Waals surface area (Å²) >= 11 is 1.52. The second kappa shape index (κ2) is 7.87. The van der Waals surface area contributed by atoms with E-state index in [1.165, 1.54) is 11.3 Å². The molecular weight excluding hydrogens is 336 g/mol. The minimum absolute atomic E-state index is 0.0363. The van der Waals surface area contributed by atoms with Crippen LogP contribution in [-0.4, -0.2) is 35.5 Å². The number of thiazole rings is 1. The molecule has 0 aliphatic carbocycles. The van der Waals surface area contributed by atoms with Crippen molar-refractivity contribution in [3.05, 3.63) is 39.3 Å². The van der Waals surface area contributed by atoms with Crippen molar-refractivity contribution in [1.82, 2.24) is 9.88 Å². The molecule has 1 aromatic heterocycles. The number of fused-ring (bicyclic) bond motifs is 1. The van der Waals surface area contributed by atoms with Gasteiger partial charge in [0.05, 0.1) is 10.7 Å². The van der Waals surface area contributed by atoms with Crippen molar-refractivity contribution in [2.24, 2.45) is 0 Å². The molecule has 0 saturated heterocycles. The number of ether oxygens (including phenoxy) is 2. The fourth-order valence-corrected chi connectivity index (χ4v) is 4.04. The van der Waals surface area contributed by atoms with Crippen LogP contribution in [0.25, 0.3) is 0 Å². The average molecular weight is 360 g/mol. The molecule has 0 atom stereocenters. The first-order chi connectivity index (χ1) is 12.1. The summed E-state index contributed by atoms with van der Waals surface area (Å²) in [5.74, 6) is 1.55. The second-order valence-corrected chi connectivity index (χ2v) is 7.12. The normalized spacial score (nSPS) is 12.9. The molecule has 0 fully saturated rings. The molecule has 5 nitrogen and oxygen atoms in total. The van der Waals surface area contributed by atoms with Gasteiger partial charge in [0.2, 0.25) is 0 Å². The summed E-state index contributed by atoms with van der Waals surface area (Å²) in [5.41, 5.74) is 1.80. The third-order valence-corrected chi connectivity index (χ3v) is 5.38. The summed E-state index contributed by atoms with van der Waals surface area (Å²) < 4.78 is 11.4. The minimum Gasteiger partial charge on any atom is -0.486 e. The van der Waals surface area contributed by atoms with Gasteiger partial charge in [-0.05, 0) is 32.8 Å². The zero-order chi connectivity index (χ0) is 17.8. The standard InChI is InChI=1S/C19H24N2O3S/c1-4-7-16-20-13(3)18(25-16)19(22)21(5-2)12-14-8-6-9-15-17(14)24-11-10-23-15/h6,8-9H,4-5,7,10-12H2,1-3H3. The maximum atomic E-state index is 13.0. The van der Waals surface area contributed by atoms with Gasteiger partial charge in [0.15, 0.2) is 11.5 Å². The highest BCUT2D eigenvalue weighted by molar-refractivity contribution is 7.13. The number of hydrogen-bond acceptors (Lipinski definition) is 5. The number of aromatic nitrogens is 1. The van der Waals surface area contributed by atoms with Crippen molar-refractivity contribution in [2.75, 3.05) is 19.8 Å². The zero-order valence-electron chi connectivity index (χ0n) is 15.0. The second-order valence-electron chi connectivity index (χ2n) is 6.03. The Morgan fingerprint density at radius 2 is 2.08 bits per heavy atom. The van der Waals surface area contributed by atoms with E-state index in [0.717, 1.165) is 45.5 Å². The van der Waals surface area contributed by atoms with Gasteiger partial charge in [0.1, 0.15) is 18.1 Å². The van der Waals surface area contributed by atoms with E-state index in [9.17, 15) is 4.79 Å². The van der Waals surface area contributed by atoms with E-state index in [4.69, 9.17) is 9.47 Å². The summed E-state index contributed by atoms with van der Waals surface area (Å²) in [5, 5.41) is 1.04. The SMILES string of the molecule is CCCc1nc(C)c(C(=O)N(CC)Cc2cccc3c2OCCO3)s1. The first-order valence-electron chi connectivity index (χ1n) is 8.77. The molecule has 0 bridgehead atoms. The Kier molecular flexibility index (Phi) is 5.58. The number of amides is 1. The highest BCUT2D eigenvalue weighted by atomic mass is 32.1. The third kappa shape index (κ3) is 3.79. The van der Waals surface area contributed by atoms with E-state index in [2.05, 4.69) is 11.9 Å². The van der Waals surface area contributed by atoms with Crippen LogP contribution in [0, 0.1) is 6.92 Å². The predicted molar refractivity (Wildman–Crippen MR) is 98.7 cm³/mol. The summed E-state index contributed by atoms with van der Waals surface area (Å²) in [7, 11) is 0. The van der Waals surface area contributed by atoms with Gasteiger partial charge in [-0.25, -0.2) is 4.98 Å². The minimum atomic E-state index is 0.0363. The van der Waals surface area contributed by atoms with Crippen molar-refractivity contribution in [2.45, 2.75) is 40.2 Å². The highest BCUT2D eigenvalue weighted by Gasteiger charge is 2.23. The number of benzene rings is 1. The fraction of sp³-hybridized carbons (Fsp3) is 0.474. The van der Waals surface area contributed by atoms with E-state index < -0.39 is 0 Å². The molecule has 1 aliphatic rings. The van der Waals surface area contributed by atoms with Crippen LogP contribution in [-0.2, 0) is 13.0 Å². The van der Waals surface area contributed by atoms with Crippen LogP contribution in [0.1, 0.15) is 46.2 Å². The van der Waals surface area contributed by atoms with Crippen molar-refractivity contribution < 1.29 is 14.3 Å². The van der Waals surface area contributed by atoms with E-state index in [0.29, 0.717) is 26.3 Å². The molecule has 6 heteroatoms. The maximum Gasteiger partial charge on any atom is 0.266 e. The Morgan fingerprint density at radius 3 is 2.84 bits per heavy atom. The summed E-state index contributed by atoms with van der Waals surface area (Å²) in [6.07, 6.45) is 1.95. The van der Waals surface area contributed by atoms with E-state index >= 15 is 0 Å². The van der Waals surface area contributed by atoms with Crippen LogP contribution in [0.2, 0.25) is 0 Å². The van der Waals surface area contributed by atoms with Gasteiger partial charge in [-0.3, -0.25) is 4.79 Å². The Bertz CT molecular complexity index is 757. The molecule has 1 aliphatic heterocycles. The van der Waals surface area contributed by atoms with Gasteiger partial charge in [-0.15, -0.1) is 11.3 Å². The van der Waals surface area contributed by atoms with E-state index in [1.807, 2.05) is 36.9 Å². The van der Waals surface area contributed by atoms with Gasteiger partial charge < -0.3 is 14.4 Å². The number of carbonyl (C=O) groups excluding carboxylic acids is 1. The van der Waals surface area contributed by atoms with Crippen molar-refractivity contribution in [3.8, 4) is 11.5 Å². The van der Waals surface area contributed by atoms with Crippen molar-refractivity contribution in [1.29, 1.82) is 0 Å². The Labute approximate surface area is 152 Å². The average Bonchev–Trinajstić information content (AvgIpc) is 3.00. The largest absolute Gasteiger partial charge is 0.486 e. The van der Waals surface area contributed by atoms with Crippen LogP contribution in [0.15, 0.2) is 18.2 Å². The van der Waals surface area contributed by atoms with Crippen LogP contribution in [0.5, 0.6) is 11.5 Å². The Balaban J connectivity index is 1.82. The third-order valence-electron chi connectivity index (χ3n) is 4.18. The van der Waals surface area contributed by atoms with Crippen molar-refractivity contribution >= 4 is 17.2 Å². The summed E-state index contributed by atoms with van der Waals surface area (Å²) in [6.45, 7) is 8.26. The lowest BCUT2D eigenvalue weighted by Crippen LogP contribution is -2.30. The van der Waals surface area contributed by atoms with Crippen LogP contribution >= 0.6 is 11.3 Å². The fourth-order valence-electron chi connectivity index (χ4n) is 2.91. The Hall–Kier alpha value is -2.08.